The van der Waals surface area contributed by atoms with Crippen molar-refractivity contribution in [1.82, 2.24) is 9.97 Å². The Balaban J connectivity index is 1.46. The lowest BCUT2D eigenvalue weighted by molar-refractivity contribution is 0.523. The van der Waals surface area contributed by atoms with Crippen LogP contribution in [0.4, 0.5) is 11.5 Å². The van der Waals surface area contributed by atoms with E-state index in [-0.39, 0.29) is 0 Å². The second kappa shape index (κ2) is 6.71. The number of hydrogen-bond donors (Lipinski definition) is 1. The highest BCUT2D eigenvalue weighted by Gasteiger charge is 2.22. The molecule has 0 bridgehead atoms. The maximum atomic E-state index is 4.86. The summed E-state index contributed by atoms with van der Waals surface area (Å²) in [5.74, 6) is 1.03. The van der Waals surface area contributed by atoms with Crippen LogP contribution in [0.1, 0.15) is 24.1 Å². The van der Waals surface area contributed by atoms with Crippen molar-refractivity contribution in [1.29, 1.82) is 0 Å². The number of benzene rings is 2. The summed E-state index contributed by atoms with van der Waals surface area (Å²) in [6, 6.07) is 17.2. The van der Waals surface area contributed by atoms with Crippen molar-refractivity contribution in [3.63, 3.8) is 0 Å². The van der Waals surface area contributed by atoms with E-state index in [1.807, 2.05) is 24.3 Å². The van der Waals surface area contributed by atoms with Crippen LogP contribution in [0.15, 0.2) is 48.5 Å². The van der Waals surface area contributed by atoms with E-state index < -0.39 is 0 Å². The number of fused-ring (bicyclic) bond motifs is 1. The maximum absolute atomic E-state index is 4.86. The third kappa shape index (κ3) is 3.43. The first kappa shape index (κ1) is 15.9. The zero-order valence-electron chi connectivity index (χ0n) is 14.9. The number of anilines is 2. The molecule has 0 unspecified atom stereocenters. The van der Waals surface area contributed by atoms with Gasteiger partial charge in [-0.3, -0.25) is 0 Å². The molecule has 4 heteroatoms. The number of aromatic nitrogens is 2. The van der Waals surface area contributed by atoms with Gasteiger partial charge in [-0.15, -0.1) is 0 Å². The minimum absolute atomic E-state index is 0.520. The number of nitrogens with zero attached hydrogens (tertiary/aromatic N) is 3. The lowest BCUT2D eigenvalue weighted by Crippen LogP contribution is -2.40. The van der Waals surface area contributed by atoms with Gasteiger partial charge in [0.05, 0.1) is 16.7 Å². The smallest absolute Gasteiger partial charge is 0.150 e. The average Bonchev–Trinajstić information content (AvgIpc) is 2.62. The molecule has 0 saturated carbocycles. The number of aryl methyl sites for hydroxylation is 2. The molecule has 0 aliphatic carbocycles. The predicted octanol–water partition coefficient (Wildman–Crippen LogP) is 4.33. The highest BCUT2D eigenvalue weighted by Crippen LogP contribution is 2.24. The molecule has 25 heavy (non-hydrogen) atoms. The summed E-state index contributed by atoms with van der Waals surface area (Å²) in [5.41, 5.74) is 5.48. The molecule has 2 aromatic carbocycles. The summed E-state index contributed by atoms with van der Waals surface area (Å²) >= 11 is 0. The Labute approximate surface area is 148 Å². The molecule has 4 rings (SSSR count). The molecule has 128 valence electrons. The third-order valence-corrected chi connectivity index (χ3v) is 4.90. The Hall–Kier alpha value is -2.62. The van der Waals surface area contributed by atoms with Gasteiger partial charge in [0, 0.05) is 24.8 Å². The predicted molar refractivity (Wildman–Crippen MR) is 104 cm³/mol. The van der Waals surface area contributed by atoms with Crippen LogP contribution in [-0.2, 0) is 0 Å². The van der Waals surface area contributed by atoms with E-state index in [0.717, 1.165) is 48.5 Å². The Bertz CT molecular complexity index is 882. The van der Waals surface area contributed by atoms with Crippen molar-refractivity contribution in [2.75, 3.05) is 23.3 Å². The molecule has 0 atom stereocenters. The van der Waals surface area contributed by atoms with Crippen LogP contribution in [0, 0.1) is 13.8 Å². The van der Waals surface area contributed by atoms with Crippen molar-refractivity contribution in [3.8, 4) is 0 Å². The minimum atomic E-state index is 0.520. The zero-order chi connectivity index (χ0) is 17.2. The molecule has 0 spiro atoms. The number of para-hydroxylation sites is 2. The Morgan fingerprint density at radius 3 is 2.36 bits per heavy atom. The molecule has 3 aromatic rings. The monoisotopic (exact) mass is 332 g/mol. The highest BCUT2D eigenvalue weighted by atomic mass is 15.2. The summed E-state index contributed by atoms with van der Waals surface area (Å²) in [6.45, 7) is 6.22. The second-order valence-corrected chi connectivity index (χ2v) is 6.90. The molecule has 1 aromatic heterocycles. The lowest BCUT2D eigenvalue weighted by atomic mass is 10.0. The largest absolute Gasteiger partial charge is 0.382 e. The van der Waals surface area contributed by atoms with Crippen LogP contribution in [0.25, 0.3) is 11.0 Å². The van der Waals surface area contributed by atoms with E-state index in [9.17, 15) is 0 Å². The Morgan fingerprint density at radius 2 is 1.64 bits per heavy atom. The first-order valence-electron chi connectivity index (χ1n) is 9.00. The number of hydrogen-bond acceptors (Lipinski definition) is 4. The summed E-state index contributed by atoms with van der Waals surface area (Å²) in [4.78, 5) is 12.0. The fraction of sp³-hybridized carbons (Fsp3) is 0.333. The van der Waals surface area contributed by atoms with E-state index in [4.69, 9.17) is 9.97 Å². The molecule has 4 nitrogen and oxygen atoms in total. The van der Waals surface area contributed by atoms with Crippen molar-refractivity contribution in [2.24, 2.45) is 0 Å². The zero-order valence-corrected chi connectivity index (χ0v) is 14.9. The van der Waals surface area contributed by atoms with Crippen LogP contribution >= 0.6 is 0 Å². The second-order valence-electron chi connectivity index (χ2n) is 6.90. The molecular weight excluding hydrogens is 308 g/mol. The first-order chi connectivity index (χ1) is 12.2. The van der Waals surface area contributed by atoms with Crippen LogP contribution in [0.2, 0.25) is 0 Å². The minimum Gasteiger partial charge on any atom is -0.382 e. The molecule has 1 fully saturated rings. The van der Waals surface area contributed by atoms with Crippen LogP contribution in [0.5, 0.6) is 0 Å². The van der Waals surface area contributed by atoms with E-state index in [1.54, 1.807) is 0 Å². The molecule has 0 amide bonds. The molecule has 1 N–H and O–H groups in total. The Morgan fingerprint density at radius 1 is 0.920 bits per heavy atom. The quantitative estimate of drug-likeness (QED) is 0.775. The SMILES string of the molecule is Cc1cccc(NC2CCN(c3nc4ccccc4nc3C)CC2)c1. The van der Waals surface area contributed by atoms with Gasteiger partial charge < -0.3 is 10.2 Å². The van der Waals surface area contributed by atoms with E-state index >= 15 is 0 Å². The number of nitrogens with one attached hydrogen (secondary N) is 1. The van der Waals surface area contributed by atoms with Crippen LogP contribution < -0.4 is 10.2 Å². The van der Waals surface area contributed by atoms with Crippen molar-refractivity contribution >= 4 is 22.5 Å². The van der Waals surface area contributed by atoms with E-state index in [1.165, 1.54) is 11.3 Å². The fourth-order valence-corrected chi connectivity index (χ4v) is 3.58. The summed E-state index contributed by atoms with van der Waals surface area (Å²) < 4.78 is 0. The van der Waals surface area contributed by atoms with Gasteiger partial charge in [0.15, 0.2) is 5.82 Å². The topological polar surface area (TPSA) is 41.0 Å². The van der Waals surface area contributed by atoms with Gasteiger partial charge in [-0.05, 0) is 56.5 Å². The molecule has 1 saturated heterocycles. The van der Waals surface area contributed by atoms with Gasteiger partial charge in [-0.25, -0.2) is 9.97 Å². The third-order valence-electron chi connectivity index (χ3n) is 4.90. The van der Waals surface area contributed by atoms with Crippen LogP contribution in [0.3, 0.4) is 0 Å². The van der Waals surface area contributed by atoms with Crippen molar-refractivity contribution in [3.05, 3.63) is 59.8 Å². The van der Waals surface area contributed by atoms with Gasteiger partial charge in [-0.1, -0.05) is 24.3 Å². The fourth-order valence-electron chi connectivity index (χ4n) is 3.58. The summed E-state index contributed by atoms with van der Waals surface area (Å²) in [7, 11) is 0. The number of rotatable bonds is 3. The summed E-state index contributed by atoms with van der Waals surface area (Å²) in [6.07, 6.45) is 2.23. The standard InChI is InChI=1S/C21H24N4/c1-15-6-5-7-18(14-15)23-17-10-12-25(13-11-17)21-16(2)22-19-8-3-4-9-20(19)24-21/h3-9,14,17,23H,10-13H2,1-2H3. The lowest BCUT2D eigenvalue weighted by Gasteiger charge is -2.34. The molecular formula is C21H24N4. The van der Waals surface area contributed by atoms with Crippen molar-refractivity contribution < 1.29 is 0 Å². The average molecular weight is 332 g/mol. The molecule has 1 aliphatic rings. The van der Waals surface area contributed by atoms with Crippen LogP contribution in [-0.4, -0.2) is 29.1 Å². The van der Waals surface area contributed by atoms with Gasteiger partial charge in [0.1, 0.15) is 0 Å². The normalized spacial score (nSPS) is 15.5. The van der Waals surface area contributed by atoms with Gasteiger partial charge in [0.2, 0.25) is 0 Å². The van der Waals surface area contributed by atoms with E-state index in [0.29, 0.717) is 6.04 Å². The molecule has 0 radical (unpaired) electrons. The van der Waals surface area contributed by atoms with E-state index in [2.05, 4.69) is 48.3 Å². The summed E-state index contributed by atoms with van der Waals surface area (Å²) in [5, 5.41) is 3.68. The number of piperidine rings is 1. The Kier molecular flexibility index (Phi) is 4.26. The molecule has 2 heterocycles. The highest BCUT2D eigenvalue weighted by molar-refractivity contribution is 5.76. The van der Waals surface area contributed by atoms with Crippen molar-refractivity contribution in [2.45, 2.75) is 32.7 Å². The first-order valence-corrected chi connectivity index (χ1v) is 9.00. The van der Waals surface area contributed by atoms with Gasteiger partial charge in [0.25, 0.3) is 0 Å². The molecule has 1 aliphatic heterocycles. The van der Waals surface area contributed by atoms with Gasteiger partial charge in [-0.2, -0.15) is 0 Å². The maximum Gasteiger partial charge on any atom is 0.150 e. The van der Waals surface area contributed by atoms with Gasteiger partial charge >= 0.3 is 0 Å².